The Morgan fingerprint density at radius 2 is 2.10 bits per heavy atom. The Morgan fingerprint density at radius 1 is 1.50 bits per heavy atom. The Labute approximate surface area is 121 Å². The number of carboxylic acids is 1. The summed E-state index contributed by atoms with van der Waals surface area (Å²) in [6.45, 7) is 6.53. The number of carboxylic acid groups (broad SMARTS) is 1. The maximum absolute atomic E-state index is 11.2. The second-order valence-corrected chi connectivity index (χ2v) is 7.97. The molecule has 0 aromatic heterocycles. The topological polar surface area (TPSA) is 83.5 Å². The maximum atomic E-state index is 11.2. The van der Waals surface area contributed by atoms with Crippen LogP contribution in [0, 0.1) is 23.7 Å². The van der Waals surface area contributed by atoms with Crippen molar-refractivity contribution in [2.24, 2.45) is 23.7 Å². The number of sulfonamides is 1. The zero-order valence-corrected chi connectivity index (χ0v) is 13.4. The van der Waals surface area contributed by atoms with E-state index in [1.165, 1.54) is 0 Å². The van der Waals surface area contributed by atoms with E-state index in [4.69, 9.17) is 5.11 Å². The van der Waals surface area contributed by atoms with Crippen LogP contribution in [0.15, 0.2) is 11.6 Å². The summed E-state index contributed by atoms with van der Waals surface area (Å²) in [5.41, 5.74) is 1.06. The van der Waals surface area contributed by atoms with E-state index in [-0.39, 0.29) is 18.3 Å². The van der Waals surface area contributed by atoms with Gasteiger partial charge in [-0.15, -0.1) is 0 Å². The van der Waals surface area contributed by atoms with E-state index in [0.29, 0.717) is 18.4 Å². The van der Waals surface area contributed by atoms with Crippen LogP contribution in [-0.4, -0.2) is 32.3 Å². The molecule has 0 heterocycles. The van der Waals surface area contributed by atoms with Gasteiger partial charge in [-0.1, -0.05) is 25.5 Å². The molecule has 0 unspecified atom stereocenters. The lowest BCUT2D eigenvalue weighted by Gasteiger charge is -2.36. The second-order valence-electron chi connectivity index (χ2n) is 6.13. The Hall–Kier alpha value is -0.880. The fourth-order valence-electron chi connectivity index (χ4n) is 2.97. The first-order chi connectivity index (χ1) is 9.10. The van der Waals surface area contributed by atoms with Crippen molar-refractivity contribution < 1.29 is 18.3 Å². The summed E-state index contributed by atoms with van der Waals surface area (Å²) in [5.74, 6) is 0.112. The molecule has 0 aromatic carbocycles. The fourth-order valence-corrected chi connectivity index (χ4v) is 3.46. The van der Waals surface area contributed by atoms with E-state index in [9.17, 15) is 13.2 Å². The molecule has 6 heteroatoms. The predicted octanol–water partition coefficient (Wildman–Crippen LogP) is 1.86. The molecule has 116 valence electrons. The summed E-state index contributed by atoms with van der Waals surface area (Å²) >= 11 is 0. The lowest BCUT2D eigenvalue weighted by molar-refractivity contribution is -0.138. The molecule has 1 rings (SSSR count). The zero-order chi connectivity index (χ0) is 15.5. The van der Waals surface area contributed by atoms with E-state index in [2.05, 4.69) is 24.6 Å². The number of hydrogen-bond donors (Lipinski definition) is 2. The molecule has 0 aliphatic heterocycles. The average molecular weight is 303 g/mol. The molecule has 3 atom stereocenters. The van der Waals surface area contributed by atoms with Crippen LogP contribution in [-0.2, 0) is 14.8 Å². The third kappa shape index (κ3) is 5.25. The highest BCUT2D eigenvalue weighted by Gasteiger charge is 2.32. The number of rotatable bonds is 6. The van der Waals surface area contributed by atoms with Crippen molar-refractivity contribution in [2.75, 3.05) is 12.8 Å². The smallest absolute Gasteiger partial charge is 0.303 e. The van der Waals surface area contributed by atoms with Crippen molar-refractivity contribution in [1.82, 2.24) is 4.72 Å². The van der Waals surface area contributed by atoms with Crippen LogP contribution >= 0.6 is 0 Å². The van der Waals surface area contributed by atoms with Crippen LogP contribution in [0.2, 0.25) is 0 Å². The first-order valence-corrected chi connectivity index (χ1v) is 8.84. The molecule has 0 aromatic rings. The molecular weight excluding hydrogens is 278 g/mol. The first-order valence-electron chi connectivity index (χ1n) is 6.95. The molecule has 5 nitrogen and oxygen atoms in total. The number of hydrogen-bond acceptors (Lipinski definition) is 3. The zero-order valence-electron chi connectivity index (χ0n) is 12.6. The van der Waals surface area contributed by atoms with Gasteiger partial charge in [-0.3, -0.25) is 4.79 Å². The maximum Gasteiger partial charge on any atom is 0.303 e. The second kappa shape index (κ2) is 6.72. The molecule has 0 bridgehead atoms. The normalized spacial score (nSPS) is 27.4. The van der Waals surface area contributed by atoms with Gasteiger partial charge in [0, 0.05) is 6.54 Å². The molecule has 0 fully saturated rings. The van der Waals surface area contributed by atoms with E-state index in [0.717, 1.165) is 18.2 Å². The number of carbonyl (C=O) groups is 1. The van der Waals surface area contributed by atoms with Crippen LogP contribution in [0.3, 0.4) is 0 Å². The summed E-state index contributed by atoms with van der Waals surface area (Å²) < 4.78 is 25.0. The quantitative estimate of drug-likeness (QED) is 0.734. The molecule has 1 aliphatic carbocycles. The molecule has 0 saturated carbocycles. The third-order valence-corrected chi connectivity index (χ3v) is 4.78. The Bertz CT molecular complexity index is 481. The van der Waals surface area contributed by atoms with Gasteiger partial charge in [0.2, 0.25) is 10.0 Å². The highest BCUT2D eigenvalue weighted by Crippen LogP contribution is 2.38. The molecule has 20 heavy (non-hydrogen) atoms. The van der Waals surface area contributed by atoms with Gasteiger partial charge in [0.1, 0.15) is 0 Å². The highest BCUT2D eigenvalue weighted by molar-refractivity contribution is 7.88. The fraction of sp³-hybridized carbons (Fsp3) is 0.786. The van der Waals surface area contributed by atoms with Crippen molar-refractivity contribution >= 4 is 16.0 Å². The largest absolute Gasteiger partial charge is 0.481 e. The molecule has 1 aliphatic rings. The van der Waals surface area contributed by atoms with Crippen molar-refractivity contribution in [3.63, 3.8) is 0 Å². The Balaban J connectivity index is 2.86. The minimum Gasteiger partial charge on any atom is -0.481 e. The minimum absolute atomic E-state index is 0.0642. The van der Waals surface area contributed by atoms with E-state index in [1.807, 2.05) is 6.92 Å². The SMILES string of the molecule is CC1=C[C@@H](CNS(C)(=O)=O)[C@H](C(C)C)C[C@H]1CC(=O)O. The van der Waals surface area contributed by atoms with Crippen LogP contribution in [0.5, 0.6) is 0 Å². The average Bonchev–Trinajstić information content (AvgIpc) is 2.27. The van der Waals surface area contributed by atoms with Gasteiger partial charge in [0.05, 0.1) is 12.7 Å². The first kappa shape index (κ1) is 17.2. The van der Waals surface area contributed by atoms with Crippen LogP contribution in [0.25, 0.3) is 0 Å². The lowest BCUT2D eigenvalue weighted by Crippen LogP contribution is -2.36. The van der Waals surface area contributed by atoms with Gasteiger partial charge in [0.15, 0.2) is 0 Å². The van der Waals surface area contributed by atoms with E-state index >= 15 is 0 Å². The lowest BCUT2D eigenvalue weighted by atomic mass is 9.70. The van der Waals surface area contributed by atoms with Crippen molar-refractivity contribution in [3.8, 4) is 0 Å². The van der Waals surface area contributed by atoms with Crippen LogP contribution in [0.1, 0.15) is 33.6 Å². The van der Waals surface area contributed by atoms with E-state index in [1.54, 1.807) is 0 Å². The summed E-state index contributed by atoms with van der Waals surface area (Å²) in [5, 5.41) is 8.97. The van der Waals surface area contributed by atoms with Gasteiger partial charge < -0.3 is 5.11 Å². The number of allylic oxidation sites excluding steroid dienone is 1. The molecule has 0 amide bonds. The van der Waals surface area contributed by atoms with Gasteiger partial charge in [0.25, 0.3) is 0 Å². The summed E-state index contributed by atoms with van der Waals surface area (Å²) in [4.78, 5) is 10.9. The Kier molecular flexibility index (Phi) is 5.77. The summed E-state index contributed by atoms with van der Waals surface area (Å²) in [7, 11) is -3.20. The monoisotopic (exact) mass is 303 g/mol. The molecular formula is C14H25NO4S. The number of aliphatic carboxylic acids is 1. The van der Waals surface area contributed by atoms with Crippen molar-refractivity contribution in [1.29, 1.82) is 0 Å². The summed E-state index contributed by atoms with van der Waals surface area (Å²) in [6, 6.07) is 0. The van der Waals surface area contributed by atoms with Gasteiger partial charge in [-0.2, -0.15) is 0 Å². The summed E-state index contributed by atoms with van der Waals surface area (Å²) in [6.07, 6.45) is 4.17. The predicted molar refractivity (Wildman–Crippen MR) is 78.8 cm³/mol. The molecule has 0 saturated heterocycles. The standard InChI is InChI=1S/C14H25NO4S/c1-9(2)13-6-11(7-14(16)17)10(3)5-12(13)8-15-20(4,18)19/h5,9,11-13,15H,6-8H2,1-4H3,(H,16,17)/t11-,12-,13-/m0/s1. The highest BCUT2D eigenvalue weighted by atomic mass is 32.2. The molecule has 2 N–H and O–H groups in total. The van der Waals surface area contributed by atoms with Gasteiger partial charge in [-0.25, -0.2) is 13.1 Å². The van der Waals surface area contributed by atoms with Crippen molar-refractivity contribution in [3.05, 3.63) is 11.6 Å². The molecule has 0 radical (unpaired) electrons. The van der Waals surface area contributed by atoms with E-state index < -0.39 is 16.0 Å². The van der Waals surface area contributed by atoms with Crippen LogP contribution in [0.4, 0.5) is 0 Å². The molecule has 0 spiro atoms. The third-order valence-electron chi connectivity index (χ3n) is 4.09. The Morgan fingerprint density at radius 3 is 2.55 bits per heavy atom. The van der Waals surface area contributed by atoms with Crippen LogP contribution < -0.4 is 4.72 Å². The number of nitrogens with one attached hydrogen (secondary N) is 1. The van der Waals surface area contributed by atoms with Crippen molar-refractivity contribution in [2.45, 2.75) is 33.6 Å². The van der Waals surface area contributed by atoms with Gasteiger partial charge in [-0.05, 0) is 37.0 Å². The van der Waals surface area contributed by atoms with Gasteiger partial charge >= 0.3 is 5.97 Å². The minimum atomic E-state index is -3.20.